The van der Waals surface area contributed by atoms with Crippen molar-refractivity contribution < 1.29 is 9.84 Å². The average molecular weight is 349 g/mol. The molecular formula is C21H23N3O2. The van der Waals surface area contributed by atoms with Crippen LogP contribution in [0, 0.1) is 5.41 Å². The lowest BCUT2D eigenvalue weighted by molar-refractivity contribution is -0.0301. The van der Waals surface area contributed by atoms with Crippen molar-refractivity contribution >= 4 is 0 Å². The van der Waals surface area contributed by atoms with E-state index in [1.54, 1.807) is 25.7 Å². The van der Waals surface area contributed by atoms with Crippen LogP contribution in [0.4, 0.5) is 0 Å². The van der Waals surface area contributed by atoms with Gasteiger partial charge in [0.05, 0.1) is 12.8 Å². The van der Waals surface area contributed by atoms with Gasteiger partial charge in [0.25, 0.3) is 0 Å². The summed E-state index contributed by atoms with van der Waals surface area (Å²) in [5.41, 5.74) is 1.40. The molecule has 3 aromatic rings. The second kappa shape index (κ2) is 6.84. The summed E-state index contributed by atoms with van der Waals surface area (Å²) in [5.74, 6) is 0.810. The van der Waals surface area contributed by atoms with Gasteiger partial charge in [0.1, 0.15) is 17.7 Å². The first-order valence-electron chi connectivity index (χ1n) is 8.45. The number of nitrogens with zero attached hydrogens (tertiary/aromatic N) is 3. The molecule has 0 aliphatic carbocycles. The van der Waals surface area contributed by atoms with E-state index in [-0.39, 0.29) is 0 Å². The number of methoxy groups -OCH3 is 1. The molecule has 3 rings (SSSR count). The minimum absolute atomic E-state index is 0.494. The maximum atomic E-state index is 11.6. The fourth-order valence-corrected chi connectivity index (χ4v) is 3.01. The molecule has 0 radical (unpaired) electrons. The van der Waals surface area contributed by atoms with Gasteiger partial charge in [-0.1, -0.05) is 39.0 Å². The standard InChI is InChI=1S/C21H23N3O2/c1-20(2,3)21(25,17-12-22-14-23-13-17)19-10-7-16(11-24-19)15-5-8-18(26-4)9-6-15/h5-14,25H,1-4H3. The predicted octanol–water partition coefficient (Wildman–Crippen LogP) is 3.83. The van der Waals surface area contributed by atoms with Crippen molar-refractivity contribution in [3.05, 3.63) is 72.6 Å². The number of aromatic nitrogens is 3. The van der Waals surface area contributed by atoms with E-state index in [1.165, 1.54) is 6.33 Å². The van der Waals surface area contributed by atoms with E-state index in [9.17, 15) is 5.11 Å². The Morgan fingerprint density at radius 1 is 0.846 bits per heavy atom. The third kappa shape index (κ3) is 3.18. The molecule has 1 aromatic carbocycles. The zero-order valence-electron chi connectivity index (χ0n) is 15.5. The predicted molar refractivity (Wildman–Crippen MR) is 101 cm³/mol. The minimum Gasteiger partial charge on any atom is -0.497 e. The van der Waals surface area contributed by atoms with Crippen LogP contribution in [-0.2, 0) is 5.60 Å². The van der Waals surface area contributed by atoms with E-state index in [1.807, 2.05) is 57.2 Å². The molecule has 2 aromatic heterocycles. The highest BCUT2D eigenvalue weighted by atomic mass is 16.5. The second-order valence-electron chi connectivity index (χ2n) is 7.25. The molecule has 0 saturated carbocycles. The van der Waals surface area contributed by atoms with Crippen LogP contribution in [0.2, 0.25) is 0 Å². The van der Waals surface area contributed by atoms with Crippen LogP contribution in [0.3, 0.4) is 0 Å². The Bertz CT molecular complexity index is 857. The number of benzene rings is 1. The smallest absolute Gasteiger partial charge is 0.139 e. The van der Waals surface area contributed by atoms with Crippen LogP contribution in [0.25, 0.3) is 11.1 Å². The lowest BCUT2D eigenvalue weighted by Gasteiger charge is -2.39. The SMILES string of the molecule is COc1ccc(-c2ccc(C(O)(c3cncnc3)C(C)(C)C)nc2)cc1. The number of hydrogen-bond donors (Lipinski definition) is 1. The highest BCUT2D eigenvalue weighted by Crippen LogP contribution is 2.43. The van der Waals surface area contributed by atoms with Crippen LogP contribution >= 0.6 is 0 Å². The van der Waals surface area contributed by atoms with Crippen LogP contribution in [0.5, 0.6) is 5.75 Å². The van der Waals surface area contributed by atoms with Crippen LogP contribution in [-0.4, -0.2) is 27.2 Å². The first-order valence-corrected chi connectivity index (χ1v) is 8.45. The molecule has 0 amide bonds. The summed E-state index contributed by atoms with van der Waals surface area (Å²) in [6.45, 7) is 5.91. The fraction of sp³-hybridized carbons (Fsp3) is 0.286. The van der Waals surface area contributed by atoms with E-state index < -0.39 is 11.0 Å². The lowest BCUT2D eigenvalue weighted by Crippen LogP contribution is -2.42. The Morgan fingerprint density at radius 2 is 1.46 bits per heavy atom. The Hall–Kier alpha value is -2.79. The highest BCUT2D eigenvalue weighted by Gasteiger charge is 2.45. The molecule has 0 spiro atoms. The quantitative estimate of drug-likeness (QED) is 0.775. The van der Waals surface area contributed by atoms with Crippen molar-refractivity contribution in [1.29, 1.82) is 0 Å². The third-order valence-electron chi connectivity index (χ3n) is 4.62. The van der Waals surface area contributed by atoms with Crippen molar-refractivity contribution in [2.24, 2.45) is 5.41 Å². The van der Waals surface area contributed by atoms with Gasteiger partial charge in [0, 0.05) is 35.1 Å². The van der Waals surface area contributed by atoms with Gasteiger partial charge >= 0.3 is 0 Å². The summed E-state index contributed by atoms with van der Waals surface area (Å²) in [5, 5.41) is 11.6. The highest BCUT2D eigenvalue weighted by molar-refractivity contribution is 5.63. The monoisotopic (exact) mass is 349 g/mol. The lowest BCUT2D eigenvalue weighted by atomic mass is 9.70. The average Bonchev–Trinajstić information content (AvgIpc) is 2.67. The first kappa shape index (κ1) is 18.0. The van der Waals surface area contributed by atoms with E-state index >= 15 is 0 Å². The van der Waals surface area contributed by atoms with Gasteiger partial charge in [-0.3, -0.25) is 4.98 Å². The maximum absolute atomic E-state index is 11.6. The van der Waals surface area contributed by atoms with Crippen LogP contribution in [0.15, 0.2) is 61.3 Å². The molecule has 1 atom stereocenters. The zero-order valence-corrected chi connectivity index (χ0v) is 15.5. The topological polar surface area (TPSA) is 68.1 Å². The van der Waals surface area contributed by atoms with E-state index in [2.05, 4.69) is 15.0 Å². The Labute approximate surface area is 153 Å². The van der Waals surface area contributed by atoms with Gasteiger partial charge in [-0.05, 0) is 23.8 Å². The first-order chi connectivity index (χ1) is 12.4. The number of hydrogen-bond acceptors (Lipinski definition) is 5. The van der Waals surface area contributed by atoms with Gasteiger partial charge in [-0.2, -0.15) is 0 Å². The van der Waals surface area contributed by atoms with Gasteiger partial charge in [-0.15, -0.1) is 0 Å². The van der Waals surface area contributed by atoms with Gasteiger partial charge in [0.2, 0.25) is 0 Å². The van der Waals surface area contributed by atoms with Crippen molar-refractivity contribution in [3.63, 3.8) is 0 Å². The van der Waals surface area contributed by atoms with Gasteiger partial charge in [0.15, 0.2) is 0 Å². The summed E-state index contributed by atoms with van der Waals surface area (Å²) >= 11 is 0. The molecule has 2 heterocycles. The molecule has 0 saturated heterocycles. The molecular weight excluding hydrogens is 326 g/mol. The molecule has 1 N–H and O–H groups in total. The van der Waals surface area contributed by atoms with Gasteiger partial charge in [-0.25, -0.2) is 9.97 Å². The van der Waals surface area contributed by atoms with Crippen LogP contribution < -0.4 is 4.74 Å². The van der Waals surface area contributed by atoms with Crippen molar-refractivity contribution in [1.82, 2.24) is 15.0 Å². The number of pyridine rings is 1. The van der Waals surface area contributed by atoms with E-state index in [0.717, 1.165) is 16.9 Å². The molecule has 26 heavy (non-hydrogen) atoms. The van der Waals surface area contributed by atoms with Crippen molar-refractivity contribution in [2.75, 3.05) is 7.11 Å². The zero-order chi connectivity index (χ0) is 18.8. The van der Waals surface area contributed by atoms with E-state index in [4.69, 9.17) is 4.74 Å². The Kier molecular flexibility index (Phi) is 4.74. The van der Waals surface area contributed by atoms with Crippen LogP contribution in [0.1, 0.15) is 32.0 Å². The summed E-state index contributed by atoms with van der Waals surface area (Å²) in [4.78, 5) is 12.7. The largest absolute Gasteiger partial charge is 0.497 e. The molecule has 134 valence electrons. The van der Waals surface area contributed by atoms with Crippen molar-refractivity contribution in [3.8, 4) is 16.9 Å². The second-order valence-corrected chi connectivity index (χ2v) is 7.25. The number of rotatable bonds is 4. The number of aliphatic hydroxyl groups is 1. The molecule has 5 heteroatoms. The molecule has 0 fully saturated rings. The molecule has 5 nitrogen and oxygen atoms in total. The summed E-state index contributed by atoms with van der Waals surface area (Å²) in [6, 6.07) is 11.6. The van der Waals surface area contributed by atoms with Crippen molar-refractivity contribution in [2.45, 2.75) is 26.4 Å². The molecule has 0 aliphatic heterocycles. The Balaban J connectivity index is 2.01. The minimum atomic E-state index is -1.30. The Morgan fingerprint density at radius 3 is 1.96 bits per heavy atom. The molecule has 0 bridgehead atoms. The number of ether oxygens (including phenoxy) is 1. The fourth-order valence-electron chi connectivity index (χ4n) is 3.01. The van der Waals surface area contributed by atoms with E-state index in [0.29, 0.717) is 11.3 Å². The summed E-state index contributed by atoms with van der Waals surface area (Å²) in [7, 11) is 1.64. The summed E-state index contributed by atoms with van der Waals surface area (Å²) < 4.78 is 5.19. The molecule has 0 aliphatic rings. The maximum Gasteiger partial charge on any atom is 0.139 e. The third-order valence-corrected chi connectivity index (χ3v) is 4.62. The molecule has 1 unspecified atom stereocenters. The normalized spacial score (nSPS) is 13.9. The summed E-state index contributed by atoms with van der Waals surface area (Å²) in [6.07, 6.45) is 6.50. The van der Waals surface area contributed by atoms with Gasteiger partial charge < -0.3 is 9.84 Å².